The number of hydrogen-bond donors (Lipinski definition) is 0. The highest BCUT2D eigenvalue weighted by Crippen LogP contribution is 2.22. The third kappa shape index (κ3) is 2.49. The summed E-state index contributed by atoms with van der Waals surface area (Å²) >= 11 is 0. The number of rotatable bonds is 2. The van der Waals surface area contributed by atoms with Gasteiger partial charge in [0.05, 0.1) is 11.9 Å². The quantitative estimate of drug-likeness (QED) is 0.735. The van der Waals surface area contributed by atoms with Crippen molar-refractivity contribution < 1.29 is 0 Å². The van der Waals surface area contributed by atoms with Gasteiger partial charge >= 0.3 is 0 Å². The smallest absolute Gasteiger partial charge is 0.0555 e. The molecule has 15 heavy (non-hydrogen) atoms. The minimum absolute atomic E-state index is 0.572. The predicted molar refractivity (Wildman–Crippen MR) is 64.4 cm³/mol. The summed E-state index contributed by atoms with van der Waals surface area (Å²) < 4.78 is 0. The fraction of sp³-hybridized carbons (Fsp3) is 0.615. The van der Waals surface area contributed by atoms with Gasteiger partial charge in [-0.3, -0.25) is 4.98 Å². The molecule has 0 N–H and O–H groups in total. The Labute approximate surface area is 92.3 Å². The number of pyridine rings is 1. The second-order valence-electron chi connectivity index (χ2n) is 4.68. The molecule has 0 saturated carbocycles. The Morgan fingerprint density at radius 3 is 2.53 bits per heavy atom. The fourth-order valence-electron chi connectivity index (χ4n) is 2.09. The van der Waals surface area contributed by atoms with Gasteiger partial charge in [-0.2, -0.15) is 0 Å². The lowest BCUT2D eigenvalue weighted by Crippen LogP contribution is -2.29. The summed E-state index contributed by atoms with van der Waals surface area (Å²) in [4.78, 5) is 6.80. The van der Waals surface area contributed by atoms with Crippen LogP contribution in [0.15, 0.2) is 18.5 Å². The maximum absolute atomic E-state index is 4.34. The Hall–Kier alpha value is -1.05. The maximum atomic E-state index is 4.34. The standard InChI is InChI=1S/C13H20N2/c1-11(2)12-8-13(10-14-9-12)15-6-4-3-5-7-15/h8-11H,3-7H2,1-2H3. The number of piperidine rings is 1. The van der Waals surface area contributed by atoms with Crippen molar-refractivity contribution in [3.05, 3.63) is 24.0 Å². The monoisotopic (exact) mass is 204 g/mol. The molecule has 1 aliphatic rings. The molecule has 0 aromatic carbocycles. The first-order valence-electron chi connectivity index (χ1n) is 5.97. The van der Waals surface area contributed by atoms with Crippen molar-refractivity contribution in [3.63, 3.8) is 0 Å². The second kappa shape index (κ2) is 4.65. The van der Waals surface area contributed by atoms with Crippen LogP contribution >= 0.6 is 0 Å². The third-order valence-corrected chi connectivity index (χ3v) is 3.13. The van der Waals surface area contributed by atoms with Crippen LogP contribution in [0.1, 0.15) is 44.6 Å². The van der Waals surface area contributed by atoms with Crippen molar-refractivity contribution in [2.75, 3.05) is 18.0 Å². The Morgan fingerprint density at radius 1 is 1.13 bits per heavy atom. The van der Waals surface area contributed by atoms with Crippen molar-refractivity contribution in [3.8, 4) is 0 Å². The van der Waals surface area contributed by atoms with E-state index in [-0.39, 0.29) is 0 Å². The molecule has 2 nitrogen and oxygen atoms in total. The normalized spacial score (nSPS) is 17.1. The summed E-state index contributed by atoms with van der Waals surface area (Å²) in [6, 6.07) is 2.29. The van der Waals surface area contributed by atoms with Gasteiger partial charge in [0.25, 0.3) is 0 Å². The molecular formula is C13H20N2. The van der Waals surface area contributed by atoms with Crippen molar-refractivity contribution in [2.45, 2.75) is 39.0 Å². The van der Waals surface area contributed by atoms with Crippen LogP contribution in [0, 0.1) is 0 Å². The largest absolute Gasteiger partial charge is 0.370 e. The highest BCUT2D eigenvalue weighted by Gasteiger charge is 2.11. The van der Waals surface area contributed by atoms with Crippen LogP contribution in [0.5, 0.6) is 0 Å². The van der Waals surface area contributed by atoms with Crippen LogP contribution in [0.4, 0.5) is 5.69 Å². The molecule has 0 atom stereocenters. The summed E-state index contributed by atoms with van der Waals surface area (Å²) in [5.74, 6) is 0.572. The van der Waals surface area contributed by atoms with Gasteiger partial charge in [-0.05, 0) is 36.8 Å². The van der Waals surface area contributed by atoms with Gasteiger partial charge in [0.2, 0.25) is 0 Å². The van der Waals surface area contributed by atoms with E-state index in [2.05, 4.69) is 29.8 Å². The number of aromatic nitrogens is 1. The zero-order valence-corrected chi connectivity index (χ0v) is 9.74. The van der Waals surface area contributed by atoms with E-state index in [0.717, 1.165) is 0 Å². The van der Waals surface area contributed by atoms with Gasteiger partial charge in [0, 0.05) is 19.3 Å². The fourth-order valence-corrected chi connectivity index (χ4v) is 2.09. The van der Waals surface area contributed by atoms with Crippen molar-refractivity contribution >= 4 is 5.69 Å². The molecule has 82 valence electrons. The van der Waals surface area contributed by atoms with Crippen LogP contribution < -0.4 is 4.90 Å². The van der Waals surface area contributed by atoms with Crippen molar-refractivity contribution in [1.82, 2.24) is 4.98 Å². The third-order valence-electron chi connectivity index (χ3n) is 3.13. The molecule has 0 radical (unpaired) electrons. The minimum atomic E-state index is 0.572. The SMILES string of the molecule is CC(C)c1cncc(N2CCCCC2)c1. The van der Waals surface area contributed by atoms with Crippen molar-refractivity contribution in [1.29, 1.82) is 0 Å². The van der Waals surface area contributed by atoms with E-state index < -0.39 is 0 Å². The Kier molecular flexibility index (Phi) is 3.24. The molecule has 1 aliphatic heterocycles. The highest BCUT2D eigenvalue weighted by molar-refractivity contribution is 5.46. The number of anilines is 1. The average Bonchev–Trinajstić information content (AvgIpc) is 2.30. The summed E-state index contributed by atoms with van der Waals surface area (Å²) in [7, 11) is 0. The average molecular weight is 204 g/mol. The maximum Gasteiger partial charge on any atom is 0.0555 e. The molecule has 1 aromatic heterocycles. The number of hydrogen-bond acceptors (Lipinski definition) is 2. The van der Waals surface area contributed by atoms with Crippen LogP contribution in [0.3, 0.4) is 0 Å². The first-order chi connectivity index (χ1) is 7.27. The van der Waals surface area contributed by atoms with Gasteiger partial charge in [0.15, 0.2) is 0 Å². The molecule has 0 aliphatic carbocycles. The van der Waals surface area contributed by atoms with Crippen LogP contribution in [0.2, 0.25) is 0 Å². The van der Waals surface area contributed by atoms with E-state index in [4.69, 9.17) is 0 Å². The summed E-state index contributed by atoms with van der Waals surface area (Å²) in [5, 5.41) is 0. The molecule has 0 spiro atoms. The molecule has 1 saturated heterocycles. The predicted octanol–water partition coefficient (Wildman–Crippen LogP) is 3.20. The van der Waals surface area contributed by atoms with E-state index in [1.165, 1.54) is 43.6 Å². The lowest BCUT2D eigenvalue weighted by atomic mass is 10.0. The first kappa shape index (κ1) is 10.5. The molecule has 0 bridgehead atoms. The van der Waals surface area contributed by atoms with Crippen molar-refractivity contribution in [2.24, 2.45) is 0 Å². The molecular weight excluding hydrogens is 184 g/mol. The van der Waals surface area contributed by atoms with Gasteiger partial charge < -0.3 is 4.90 Å². The number of nitrogens with zero attached hydrogens (tertiary/aromatic N) is 2. The van der Waals surface area contributed by atoms with Gasteiger partial charge in [0.1, 0.15) is 0 Å². The molecule has 2 rings (SSSR count). The topological polar surface area (TPSA) is 16.1 Å². The Balaban J connectivity index is 2.16. The minimum Gasteiger partial charge on any atom is -0.370 e. The summed E-state index contributed by atoms with van der Waals surface area (Å²) in [6.45, 7) is 6.83. The first-order valence-corrected chi connectivity index (χ1v) is 5.97. The molecule has 0 amide bonds. The lowest BCUT2D eigenvalue weighted by Gasteiger charge is -2.28. The van der Waals surface area contributed by atoms with Crippen LogP contribution in [0.25, 0.3) is 0 Å². The Morgan fingerprint density at radius 2 is 1.87 bits per heavy atom. The van der Waals surface area contributed by atoms with E-state index in [0.29, 0.717) is 5.92 Å². The zero-order chi connectivity index (χ0) is 10.7. The van der Waals surface area contributed by atoms with Crippen LogP contribution in [-0.2, 0) is 0 Å². The molecule has 2 heterocycles. The lowest BCUT2D eigenvalue weighted by molar-refractivity contribution is 0.577. The molecule has 0 unspecified atom stereocenters. The van der Waals surface area contributed by atoms with E-state index in [1.54, 1.807) is 0 Å². The Bertz CT molecular complexity index is 314. The molecule has 1 fully saturated rings. The van der Waals surface area contributed by atoms with E-state index in [1.807, 2.05) is 12.4 Å². The van der Waals surface area contributed by atoms with Gasteiger partial charge in [-0.25, -0.2) is 0 Å². The van der Waals surface area contributed by atoms with Crippen LogP contribution in [-0.4, -0.2) is 18.1 Å². The highest BCUT2D eigenvalue weighted by atomic mass is 15.1. The summed E-state index contributed by atoms with van der Waals surface area (Å²) in [5.41, 5.74) is 2.65. The van der Waals surface area contributed by atoms with Gasteiger partial charge in [-0.15, -0.1) is 0 Å². The zero-order valence-electron chi connectivity index (χ0n) is 9.74. The summed E-state index contributed by atoms with van der Waals surface area (Å²) in [6.07, 6.45) is 8.01. The second-order valence-corrected chi connectivity index (χ2v) is 4.68. The molecule has 2 heteroatoms. The van der Waals surface area contributed by atoms with Gasteiger partial charge in [-0.1, -0.05) is 13.8 Å². The molecule has 1 aromatic rings. The van der Waals surface area contributed by atoms with E-state index in [9.17, 15) is 0 Å². The van der Waals surface area contributed by atoms with E-state index >= 15 is 0 Å².